The van der Waals surface area contributed by atoms with E-state index in [0.717, 1.165) is 38.8 Å². The van der Waals surface area contributed by atoms with E-state index < -0.39 is 0 Å². The van der Waals surface area contributed by atoms with Crippen LogP contribution in [0.2, 0.25) is 0 Å². The molecule has 0 amide bonds. The van der Waals surface area contributed by atoms with Gasteiger partial charge in [-0.25, -0.2) is 15.0 Å². The Bertz CT molecular complexity index is 2540. The number of fused-ring (bicyclic) bond motifs is 5. The van der Waals surface area contributed by atoms with Crippen molar-refractivity contribution in [2.75, 3.05) is 0 Å². The predicted molar refractivity (Wildman–Crippen MR) is 193 cm³/mol. The molecule has 0 atom stereocenters. The molecule has 0 saturated carbocycles. The van der Waals surface area contributed by atoms with E-state index in [1.165, 1.54) is 27.2 Å². The summed E-state index contributed by atoms with van der Waals surface area (Å²) in [5.41, 5.74) is 8.49. The molecule has 0 aliphatic heterocycles. The highest BCUT2D eigenvalue weighted by Crippen LogP contribution is 2.40. The van der Waals surface area contributed by atoms with Crippen molar-refractivity contribution in [2.45, 2.75) is 0 Å². The van der Waals surface area contributed by atoms with Crippen molar-refractivity contribution >= 4 is 32.6 Å². The van der Waals surface area contributed by atoms with Gasteiger partial charge in [-0.15, -0.1) is 0 Å². The van der Waals surface area contributed by atoms with Gasteiger partial charge in [0.1, 0.15) is 0 Å². The average molecular weight is 601 g/mol. The Morgan fingerprint density at radius 3 is 1.55 bits per heavy atom. The van der Waals surface area contributed by atoms with Gasteiger partial charge in [-0.3, -0.25) is 0 Å². The number of rotatable bonds is 5. The van der Waals surface area contributed by atoms with Gasteiger partial charge in [0, 0.05) is 38.5 Å². The highest BCUT2D eigenvalue weighted by Gasteiger charge is 2.21. The van der Waals surface area contributed by atoms with Crippen LogP contribution in [0, 0.1) is 0 Å². The van der Waals surface area contributed by atoms with Crippen LogP contribution in [0.1, 0.15) is 0 Å². The standard InChI is InChI=1S/C43H28N4/c1-4-13-29(14-5-1)30-23-25-33(26-24-30)42-44-41(32-16-6-2-7-17-32)45-43(46-42)38-22-12-21-36-37-28-27-31-15-10-11-20-35(31)39(37)47(40(36)38)34-18-8-3-9-19-34/h1-28H. The number of para-hydroxylation sites is 2. The molecule has 47 heavy (non-hydrogen) atoms. The van der Waals surface area contributed by atoms with Crippen LogP contribution in [0.3, 0.4) is 0 Å². The molecule has 4 nitrogen and oxygen atoms in total. The number of nitrogens with zero attached hydrogens (tertiary/aromatic N) is 4. The Morgan fingerprint density at radius 1 is 0.319 bits per heavy atom. The molecule has 0 bridgehead atoms. The van der Waals surface area contributed by atoms with Gasteiger partial charge >= 0.3 is 0 Å². The second-order valence-electron chi connectivity index (χ2n) is 11.7. The molecule has 0 N–H and O–H groups in total. The van der Waals surface area contributed by atoms with Crippen LogP contribution >= 0.6 is 0 Å². The van der Waals surface area contributed by atoms with Gasteiger partial charge in [-0.05, 0) is 34.7 Å². The second kappa shape index (κ2) is 11.2. The summed E-state index contributed by atoms with van der Waals surface area (Å²) in [6.07, 6.45) is 0. The molecule has 0 aliphatic carbocycles. The highest BCUT2D eigenvalue weighted by atomic mass is 15.0. The predicted octanol–water partition coefficient (Wildman–Crippen LogP) is 10.8. The van der Waals surface area contributed by atoms with Gasteiger partial charge in [0.2, 0.25) is 0 Å². The summed E-state index contributed by atoms with van der Waals surface area (Å²) in [6.45, 7) is 0. The molecule has 2 aromatic heterocycles. The normalized spacial score (nSPS) is 11.4. The zero-order chi connectivity index (χ0) is 31.2. The average Bonchev–Trinajstić information content (AvgIpc) is 3.51. The minimum atomic E-state index is 0.635. The van der Waals surface area contributed by atoms with Crippen molar-refractivity contribution in [3.63, 3.8) is 0 Å². The number of benzene rings is 7. The third kappa shape index (κ3) is 4.66. The number of aromatic nitrogens is 4. The molecule has 7 aromatic carbocycles. The Balaban J connectivity index is 1.32. The van der Waals surface area contributed by atoms with Crippen molar-refractivity contribution < 1.29 is 0 Å². The summed E-state index contributed by atoms with van der Waals surface area (Å²) >= 11 is 0. The minimum Gasteiger partial charge on any atom is -0.308 e. The fourth-order valence-corrected chi connectivity index (χ4v) is 6.63. The lowest BCUT2D eigenvalue weighted by molar-refractivity contribution is 1.07. The lowest BCUT2D eigenvalue weighted by Crippen LogP contribution is -2.02. The molecule has 0 fully saturated rings. The summed E-state index contributed by atoms with van der Waals surface area (Å²) < 4.78 is 2.38. The van der Waals surface area contributed by atoms with Crippen molar-refractivity contribution in [1.82, 2.24) is 19.5 Å². The largest absolute Gasteiger partial charge is 0.308 e. The first-order valence-corrected chi connectivity index (χ1v) is 15.8. The fraction of sp³-hybridized carbons (Fsp3) is 0. The maximum Gasteiger partial charge on any atom is 0.166 e. The van der Waals surface area contributed by atoms with E-state index in [9.17, 15) is 0 Å². The molecule has 220 valence electrons. The van der Waals surface area contributed by atoms with Gasteiger partial charge in [-0.2, -0.15) is 0 Å². The molecule has 4 heteroatoms. The van der Waals surface area contributed by atoms with Crippen molar-refractivity contribution in [2.24, 2.45) is 0 Å². The molecule has 0 radical (unpaired) electrons. The summed E-state index contributed by atoms with van der Waals surface area (Å²) in [7, 11) is 0. The summed E-state index contributed by atoms with van der Waals surface area (Å²) in [5.74, 6) is 1.91. The monoisotopic (exact) mass is 600 g/mol. The molecule has 0 unspecified atom stereocenters. The highest BCUT2D eigenvalue weighted by molar-refractivity contribution is 6.20. The second-order valence-corrected chi connectivity index (χ2v) is 11.7. The molecule has 0 aliphatic rings. The topological polar surface area (TPSA) is 43.6 Å². The van der Waals surface area contributed by atoms with E-state index in [4.69, 9.17) is 15.0 Å². The number of hydrogen-bond donors (Lipinski definition) is 0. The Morgan fingerprint density at radius 2 is 0.830 bits per heavy atom. The van der Waals surface area contributed by atoms with Crippen LogP contribution in [0.5, 0.6) is 0 Å². The zero-order valence-electron chi connectivity index (χ0n) is 25.5. The molecule has 0 spiro atoms. The van der Waals surface area contributed by atoms with Crippen molar-refractivity contribution in [1.29, 1.82) is 0 Å². The molecule has 2 heterocycles. The van der Waals surface area contributed by atoms with E-state index in [1.54, 1.807) is 0 Å². The maximum atomic E-state index is 5.18. The van der Waals surface area contributed by atoms with Gasteiger partial charge in [0.05, 0.1) is 11.0 Å². The molecule has 0 saturated heterocycles. The maximum absolute atomic E-state index is 5.18. The quantitative estimate of drug-likeness (QED) is 0.197. The molecular weight excluding hydrogens is 573 g/mol. The van der Waals surface area contributed by atoms with Crippen LogP contribution in [-0.2, 0) is 0 Å². The van der Waals surface area contributed by atoms with Gasteiger partial charge in [-0.1, -0.05) is 152 Å². The fourth-order valence-electron chi connectivity index (χ4n) is 6.63. The van der Waals surface area contributed by atoms with Gasteiger partial charge in [0.15, 0.2) is 17.5 Å². The van der Waals surface area contributed by atoms with E-state index in [0.29, 0.717) is 17.5 Å². The van der Waals surface area contributed by atoms with Crippen LogP contribution < -0.4 is 0 Å². The SMILES string of the molecule is c1ccc(-c2ccc(-c3nc(-c4ccccc4)nc(-c4cccc5c6ccc7ccccc7c6n(-c6ccccc6)c45)n3)cc2)cc1. The first-order valence-electron chi connectivity index (χ1n) is 15.8. The third-order valence-corrected chi connectivity index (χ3v) is 8.85. The summed E-state index contributed by atoms with van der Waals surface area (Å²) in [6, 6.07) is 59.1. The Kier molecular flexibility index (Phi) is 6.43. The number of hydrogen-bond acceptors (Lipinski definition) is 3. The first-order chi connectivity index (χ1) is 23.3. The van der Waals surface area contributed by atoms with E-state index in [-0.39, 0.29) is 0 Å². The zero-order valence-corrected chi connectivity index (χ0v) is 25.5. The Hall–Kier alpha value is -6.39. The first kappa shape index (κ1) is 27.0. The van der Waals surface area contributed by atoms with Gasteiger partial charge in [0.25, 0.3) is 0 Å². The van der Waals surface area contributed by atoms with Crippen LogP contribution in [0.15, 0.2) is 170 Å². The van der Waals surface area contributed by atoms with Crippen LogP contribution in [0.4, 0.5) is 0 Å². The summed E-state index contributed by atoms with van der Waals surface area (Å²) in [4.78, 5) is 15.3. The van der Waals surface area contributed by atoms with E-state index >= 15 is 0 Å². The third-order valence-electron chi connectivity index (χ3n) is 8.85. The van der Waals surface area contributed by atoms with E-state index in [1.807, 2.05) is 24.3 Å². The van der Waals surface area contributed by atoms with Crippen LogP contribution in [-0.4, -0.2) is 19.5 Å². The van der Waals surface area contributed by atoms with Crippen molar-refractivity contribution in [3.8, 4) is 51.0 Å². The van der Waals surface area contributed by atoms with Crippen molar-refractivity contribution in [3.05, 3.63) is 170 Å². The summed E-state index contributed by atoms with van der Waals surface area (Å²) in [5, 5.41) is 4.76. The van der Waals surface area contributed by atoms with Gasteiger partial charge < -0.3 is 4.57 Å². The minimum absolute atomic E-state index is 0.635. The molecular formula is C43H28N4. The molecule has 9 rings (SSSR count). The lowest BCUT2D eigenvalue weighted by atomic mass is 10.0. The smallest absolute Gasteiger partial charge is 0.166 e. The Labute approximate surface area is 272 Å². The van der Waals surface area contributed by atoms with E-state index in [2.05, 4.69) is 150 Å². The lowest BCUT2D eigenvalue weighted by Gasteiger charge is -2.13. The molecule has 9 aromatic rings. The van der Waals surface area contributed by atoms with Crippen LogP contribution in [0.25, 0.3) is 83.6 Å².